The molecule has 0 fully saturated rings. The largest absolute Gasteiger partial charge is 0.352 e. The number of rotatable bonds is 4. The van der Waals surface area contributed by atoms with E-state index in [2.05, 4.69) is 10.3 Å². The molecule has 0 radical (unpaired) electrons. The Morgan fingerprint density at radius 3 is 3.05 bits per heavy atom. The molecule has 19 heavy (non-hydrogen) atoms. The summed E-state index contributed by atoms with van der Waals surface area (Å²) in [7, 11) is 0. The molecule has 1 N–H and O–H groups in total. The summed E-state index contributed by atoms with van der Waals surface area (Å²) in [6, 6.07) is 8.70. The van der Waals surface area contributed by atoms with Gasteiger partial charge in [-0.2, -0.15) is 5.26 Å². The third kappa shape index (κ3) is 3.39. The number of hydrogen-bond donors (Lipinski definition) is 1. The number of carbonyl (C=O) groups excluding carboxylic acids is 1. The van der Waals surface area contributed by atoms with E-state index >= 15 is 0 Å². The highest BCUT2D eigenvalue weighted by Crippen LogP contribution is 2.12. The monoisotopic (exact) mass is 271 g/mol. The van der Waals surface area contributed by atoms with Gasteiger partial charge in [-0.1, -0.05) is 6.07 Å². The molecule has 1 heterocycles. The Morgan fingerprint density at radius 1 is 1.53 bits per heavy atom. The Labute approximate surface area is 115 Å². The Bertz CT molecular complexity index is 628. The molecule has 0 aliphatic carbocycles. The first kappa shape index (κ1) is 13.2. The fourth-order valence-electron chi connectivity index (χ4n) is 1.69. The minimum atomic E-state index is -0.153. The number of aromatic nitrogens is 1. The summed E-state index contributed by atoms with van der Waals surface area (Å²) in [5.41, 5.74) is 3.83. The van der Waals surface area contributed by atoms with Crippen LogP contribution in [0.15, 0.2) is 29.8 Å². The van der Waals surface area contributed by atoms with Crippen molar-refractivity contribution in [1.82, 2.24) is 10.3 Å². The second-order valence-electron chi connectivity index (χ2n) is 4.06. The van der Waals surface area contributed by atoms with E-state index in [0.29, 0.717) is 17.7 Å². The molecule has 0 atom stereocenters. The van der Waals surface area contributed by atoms with Crippen LogP contribution in [0, 0.1) is 18.3 Å². The van der Waals surface area contributed by atoms with Gasteiger partial charge in [0.25, 0.3) is 5.91 Å². The molecule has 0 spiro atoms. The highest BCUT2D eigenvalue weighted by atomic mass is 32.1. The lowest BCUT2D eigenvalue weighted by Crippen LogP contribution is -2.25. The van der Waals surface area contributed by atoms with E-state index in [1.54, 1.807) is 35.6 Å². The molecule has 0 aliphatic heterocycles. The highest BCUT2D eigenvalue weighted by Gasteiger charge is 2.06. The molecule has 0 saturated heterocycles. The number of carbonyl (C=O) groups is 1. The van der Waals surface area contributed by atoms with Crippen LogP contribution in [-0.2, 0) is 6.42 Å². The minimum Gasteiger partial charge on any atom is -0.352 e. The van der Waals surface area contributed by atoms with Gasteiger partial charge in [0.1, 0.15) is 0 Å². The van der Waals surface area contributed by atoms with Gasteiger partial charge in [0, 0.05) is 23.4 Å². The average Bonchev–Trinajstić information content (AvgIpc) is 2.84. The minimum absolute atomic E-state index is 0.153. The fourth-order valence-corrected chi connectivity index (χ4v) is 2.47. The van der Waals surface area contributed by atoms with Crippen molar-refractivity contribution in [3.63, 3.8) is 0 Å². The van der Waals surface area contributed by atoms with Crippen molar-refractivity contribution in [2.75, 3.05) is 6.54 Å². The summed E-state index contributed by atoms with van der Waals surface area (Å²) >= 11 is 1.60. The lowest BCUT2D eigenvalue weighted by Gasteiger charge is -2.04. The third-order valence-electron chi connectivity index (χ3n) is 2.74. The lowest BCUT2D eigenvalue weighted by molar-refractivity contribution is 0.0954. The lowest BCUT2D eigenvalue weighted by atomic mass is 10.1. The number of benzene rings is 1. The second kappa shape index (κ2) is 6.12. The summed E-state index contributed by atoms with van der Waals surface area (Å²) in [6.07, 6.45) is 0.778. The first-order valence-electron chi connectivity index (χ1n) is 5.88. The van der Waals surface area contributed by atoms with Crippen LogP contribution < -0.4 is 5.32 Å². The van der Waals surface area contributed by atoms with Crippen LogP contribution in [-0.4, -0.2) is 17.4 Å². The van der Waals surface area contributed by atoms with Crippen LogP contribution in [0.5, 0.6) is 0 Å². The Hall–Kier alpha value is -2.19. The van der Waals surface area contributed by atoms with E-state index in [-0.39, 0.29) is 5.91 Å². The summed E-state index contributed by atoms with van der Waals surface area (Å²) in [5.74, 6) is -0.153. The van der Waals surface area contributed by atoms with Gasteiger partial charge in [-0.3, -0.25) is 4.79 Å². The quantitative estimate of drug-likeness (QED) is 0.927. The van der Waals surface area contributed by atoms with Crippen LogP contribution in [0.25, 0.3) is 0 Å². The molecule has 1 aromatic carbocycles. The smallest absolute Gasteiger partial charge is 0.251 e. The van der Waals surface area contributed by atoms with Crippen molar-refractivity contribution in [3.8, 4) is 6.07 Å². The zero-order valence-corrected chi connectivity index (χ0v) is 11.3. The zero-order chi connectivity index (χ0) is 13.7. The van der Waals surface area contributed by atoms with Crippen molar-refractivity contribution < 1.29 is 4.79 Å². The molecule has 96 valence electrons. The molecule has 4 nitrogen and oxygen atoms in total. The Morgan fingerprint density at radius 2 is 2.37 bits per heavy atom. The van der Waals surface area contributed by atoms with Crippen LogP contribution in [0.2, 0.25) is 0 Å². The highest BCUT2D eigenvalue weighted by molar-refractivity contribution is 7.09. The molecule has 2 aromatic rings. The fraction of sp³-hybridized carbons (Fsp3) is 0.214. The molecular formula is C14H13N3OS. The number of hydrogen-bond acceptors (Lipinski definition) is 4. The second-order valence-corrected chi connectivity index (χ2v) is 5.00. The molecule has 0 aliphatic rings. The SMILES string of the molecule is Cc1ncsc1CCNC(=O)c1cccc(C#N)c1. The summed E-state index contributed by atoms with van der Waals surface area (Å²) in [6.45, 7) is 2.53. The van der Waals surface area contributed by atoms with E-state index in [0.717, 1.165) is 12.1 Å². The maximum atomic E-state index is 11.9. The van der Waals surface area contributed by atoms with Gasteiger partial charge in [0.15, 0.2) is 0 Å². The van der Waals surface area contributed by atoms with Crippen LogP contribution >= 0.6 is 11.3 Å². The van der Waals surface area contributed by atoms with Crippen LogP contribution in [0.3, 0.4) is 0 Å². The van der Waals surface area contributed by atoms with Gasteiger partial charge in [0.2, 0.25) is 0 Å². The van der Waals surface area contributed by atoms with Gasteiger partial charge in [-0.15, -0.1) is 11.3 Å². The number of thiazole rings is 1. The molecule has 1 amide bonds. The van der Waals surface area contributed by atoms with E-state index in [1.165, 1.54) is 4.88 Å². The van der Waals surface area contributed by atoms with E-state index < -0.39 is 0 Å². The molecule has 2 rings (SSSR count). The predicted octanol–water partition coefficient (Wildman–Crippen LogP) is 2.30. The average molecular weight is 271 g/mol. The standard InChI is InChI=1S/C14H13N3OS/c1-10-13(19-9-17-10)5-6-16-14(18)12-4-2-3-11(7-12)8-15/h2-4,7,9H,5-6H2,1H3,(H,16,18). The topological polar surface area (TPSA) is 65.8 Å². The van der Waals surface area contributed by atoms with Gasteiger partial charge in [-0.05, 0) is 25.1 Å². The maximum Gasteiger partial charge on any atom is 0.251 e. The number of nitrogens with zero attached hydrogens (tertiary/aromatic N) is 2. The normalized spacial score (nSPS) is 9.89. The number of aryl methyl sites for hydroxylation is 1. The van der Waals surface area contributed by atoms with E-state index in [4.69, 9.17) is 5.26 Å². The first-order valence-corrected chi connectivity index (χ1v) is 6.76. The third-order valence-corrected chi connectivity index (χ3v) is 3.73. The van der Waals surface area contributed by atoms with Crippen molar-refractivity contribution in [3.05, 3.63) is 51.5 Å². The van der Waals surface area contributed by atoms with Gasteiger partial charge < -0.3 is 5.32 Å². The Kier molecular flexibility index (Phi) is 4.26. The number of amides is 1. The molecule has 5 heteroatoms. The molecule has 0 unspecified atom stereocenters. The maximum absolute atomic E-state index is 11.9. The van der Waals surface area contributed by atoms with Gasteiger partial charge in [-0.25, -0.2) is 4.98 Å². The molecule has 1 aromatic heterocycles. The zero-order valence-electron chi connectivity index (χ0n) is 10.5. The van der Waals surface area contributed by atoms with E-state index in [9.17, 15) is 4.79 Å². The van der Waals surface area contributed by atoms with Crippen molar-refractivity contribution in [2.45, 2.75) is 13.3 Å². The number of nitriles is 1. The molecule has 0 saturated carbocycles. The van der Waals surface area contributed by atoms with Gasteiger partial charge in [0.05, 0.1) is 22.8 Å². The molecule has 0 bridgehead atoms. The number of nitrogens with one attached hydrogen (secondary N) is 1. The van der Waals surface area contributed by atoms with E-state index in [1.807, 2.05) is 18.5 Å². The predicted molar refractivity (Wildman–Crippen MR) is 74.0 cm³/mol. The van der Waals surface area contributed by atoms with Crippen LogP contribution in [0.4, 0.5) is 0 Å². The first-order chi connectivity index (χ1) is 9.20. The summed E-state index contributed by atoms with van der Waals surface area (Å²) in [4.78, 5) is 17.2. The van der Waals surface area contributed by atoms with Crippen molar-refractivity contribution in [1.29, 1.82) is 5.26 Å². The summed E-state index contributed by atoms with van der Waals surface area (Å²) < 4.78 is 0. The molecular weight excluding hydrogens is 258 g/mol. The van der Waals surface area contributed by atoms with Gasteiger partial charge >= 0.3 is 0 Å². The van der Waals surface area contributed by atoms with Crippen LogP contribution in [0.1, 0.15) is 26.5 Å². The Balaban J connectivity index is 1.91. The van der Waals surface area contributed by atoms with Crippen molar-refractivity contribution in [2.24, 2.45) is 0 Å². The van der Waals surface area contributed by atoms with Crippen molar-refractivity contribution >= 4 is 17.2 Å². The summed E-state index contributed by atoms with van der Waals surface area (Å²) in [5, 5.41) is 11.6.